The predicted molar refractivity (Wildman–Crippen MR) is 90.2 cm³/mol. The Kier molecular flexibility index (Phi) is 6.17. The van der Waals surface area contributed by atoms with Crippen LogP contribution in [0.3, 0.4) is 0 Å². The molecule has 0 saturated heterocycles. The number of nitrogens with one attached hydrogen (secondary N) is 1. The fourth-order valence-corrected chi connectivity index (χ4v) is 2.40. The number of carbonyl (C=O) groups excluding carboxylic acids is 1. The third-order valence-electron chi connectivity index (χ3n) is 4.05. The van der Waals surface area contributed by atoms with E-state index in [9.17, 15) is 4.79 Å². The fourth-order valence-electron chi connectivity index (χ4n) is 2.40. The van der Waals surface area contributed by atoms with E-state index in [-0.39, 0.29) is 18.0 Å². The van der Waals surface area contributed by atoms with Gasteiger partial charge in [-0.2, -0.15) is 5.10 Å². The van der Waals surface area contributed by atoms with E-state index in [1.165, 1.54) is 6.33 Å². The molecule has 2 atom stereocenters. The molecule has 1 N–H and O–H groups in total. The number of ether oxygens (including phenoxy) is 2. The molecule has 0 aliphatic rings. The van der Waals surface area contributed by atoms with Crippen molar-refractivity contribution in [2.24, 2.45) is 0 Å². The molecule has 7 heteroatoms. The van der Waals surface area contributed by atoms with Crippen LogP contribution in [0, 0.1) is 0 Å². The number of amides is 1. The lowest BCUT2D eigenvalue weighted by Gasteiger charge is -2.21. The zero-order valence-electron chi connectivity index (χ0n) is 14.5. The van der Waals surface area contributed by atoms with Crippen LogP contribution < -0.4 is 14.8 Å². The van der Waals surface area contributed by atoms with Gasteiger partial charge in [-0.1, -0.05) is 6.07 Å². The third-order valence-corrected chi connectivity index (χ3v) is 4.05. The lowest BCUT2D eigenvalue weighted by molar-refractivity contribution is -0.121. The molecule has 2 aromatic rings. The normalized spacial score (nSPS) is 13.2. The predicted octanol–water partition coefficient (Wildman–Crippen LogP) is 1.99. The van der Waals surface area contributed by atoms with Crippen molar-refractivity contribution in [3.63, 3.8) is 0 Å². The molecule has 7 nitrogen and oxygen atoms in total. The topological polar surface area (TPSA) is 78.3 Å². The lowest BCUT2D eigenvalue weighted by atomic mass is 10.1. The number of carbonyl (C=O) groups is 1. The van der Waals surface area contributed by atoms with Crippen LogP contribution in [0.2, 0.25) is 0 Å². The van der Waals surface area contributed by atoms with Crippen LogP contribution in [0.4, 0.5) is 0 Å². The number of rotatable bonds is 8. The van der Waals surface area contributed by atoms with Crippen LogP contribution >= 0.6 is 0 Å². The Bertz CT molecular complexity index is 658. The minimum atomic E-state index is -0.0374. The summed E-state index contributed by atoms with van der Waals surface area (Å²) in [6.45, 7) is 3.95. The van der Waals surface area contributed by atoms with Crippen LogP contribution in [0.5, 0.6) is 11.5 Å². The van der Waals surface area contributed by atoms with Gasteiger partial charge in [0.05, 0.1) is 20.3 Å². The van der Waals surface area contributed by atoms with Crippen molar-refractivity contribution in [3.8, 4) is 11.5 Å². The summed E-state index contributed by atoms with van der Waals surface area (Å²) in [6, 6.07) is 5.69. The molecular weight excluding hydrogens is 308 g/mol. The van der Waals surface area contributed by atoms with Crippen molar-refractivity contribution >= 4 is 5.91 Å². The molecule has 1 aromatic carbocycles. The fraction of sp³-hybridized carbons (Fsp3) is 0.471. The van der Waals surface area contributed by atoms with Crippen molar-refractivity contribution in [2.75, 3.05) is 14.2 Å². The molecule has 1 heterocycles. The summed E-state index contributed by atoms with van der Waals surface area (Å²) in [5, 5.41) is 7.11. The molecule has 0 unspecified atom stereocenters. The van der Waals surface area contributed by atoms with Crippen molar-refractivity contribution in [1.82, 2.24) is 20.1 Å². The van der Waals surface area contributed by atoms with Crippen LogP contribution in [-0.2, 0) is 11.2 Å². The van der Waals surface area contributed by atoms with E-state index in [1.54, 1.807) is 25.2 Å². The molecule has 24 heavy (non-hydrogen) atoms. The van der Waals surface area contributed by atoms with Crippen LogP contribution in [0.15, 0.2) is 30.9 Å². The summed E-state index contributed by atoms with van der Waals surface area (Å²) >= 11 is 0. The molecule has 2 rings (SSSR count). The second-order valence-electron chi connectivity index (χ2n) is 5.66. The van der Waals surface area contributed by atoms with Crippen LogP contribution in [0.1, 0.15) is 31.9 Å². The molecule has 0 aliphatic carbocycles. The number of hydrogen-bond acceptors (Lipinski definition) is 5. The summed E-state index contributed by atoms with van der Waals surface area (Å²) in [7, 11) is 3.20. The van der Waals surface area contributed by atoms with E-state index in [1.807, 2.05) is 32.0 Å². The molecule has 0 aliphatic heterocycles. The van der Waals surface area contributed by atoms with Gasteiger partial charge in [0.2, 0.25) is 5.91 Å². The van der Waals surface area contributed by atoms with Crippen molar-refractivity contribution < 1.29 is 14.3 Å². The maximum atomic E-state index is 12.2. The minimum absolute atomic E-state index is 0.00394. The molecule has 0 radical (unpaired) electrons. The molecule has 130 valence electrons. The van der Waals surface area contributed by atoms with Crippen molar-refractivity contribution in [1.29, 1.82) is 0 Å². The largest absolute Gasteiger partial charge is 0.493 e. The number of aromatic nitrogens is 3. The standard InChI is InChI=1S/C17H24N4O3/c1-12(13(2)21-11-18-10-19-21)20-17(22)8-6-14-5-7-15(23-3)16(9-14)24-4/h5,7,9-13H,6,8H2,1-4H3,(H,20,22)/t12-,13-/m1/s1. The Morgan fingerprint density at radius 2 is 2.00 bits per heavy atom. The smallest absolute Gasteiger partial charge is 0.220 e. The zero-order chi connectivity index (χ0) is 17.5. The summed E-state index contributed by atoms with van der Waals surface area (Å²) < 4.78 is 12.2. The minimum Gasteiger partial charge on any atom is -0.493 e. The van der Waals surface area contributed by atoms with Gasteiger partial charge in [-0.25, -0.2) is 9.67 Å². The second-order valence-corrected chi connectivity index (χ2v) is 5.66. The molecule has 0 spiro atoms. The molecule has 1 amide bonds. The molecular formula is C17H24N4O3. The van der Waals surface area contributed by atoms with Crippen molar-refractivity contribution in [3.05, 3.63) is 36.4 Å². The number of aryl methyl sites for hydroxylation is 1. The number of nitrogens with zero attached hydrogens (tertiary/aromatic N) is 3. The summed E-state index contributed by atoms with van der Waals surface area (Å²) in [4.78, 5) is 16.1. The monoisotopic (exact) mass is 332 g/mol. The second kappa shape index (κ2) is 8.33. The van der Waals surface area contributed by atoms with E-state index in [2.05, 4.69) is 15.4 Å². The highest BCUT2D eigenvalue weighted by atomic mass is 16.5. The number of hydrogen-bond donors (Lipinski definition) is 1. The Balaban J connectivity index is 1.86. The number of methoxy groups -OCH3 is 2. The average molecular weight is 332 g/mol. The van der Waals surface area contributed by atoms with Crippen LogP contribution in [-0.4, -0.2) is 40.9 Å². The lowest BCUT2D eigenvalue weighted by Crippen LogP contribution is -2.38. The maximum absolute atomic E-state index is 12.2. The van der Waals surface area contributed by atoms with Gasteiger partial charge in [0, 0.05) is 12.5 Å². The van der Waals surface area contributed by atoms with E-state index in [0.717, 1.165) is 5.56 Å². The van der Waals surface area contributed by atoms with Gasteiger partial charge < -0.3 is 14.8 Å². The highest BCUT2D eigenvalue weighted by Gasteiger charge is 2.17. The summed E-state index contributed by atoms with van der Waals surface area (Å²) in [5.41, 5.74) is 1.03. The van der Waals surface area contributed by atoms with E-state index in [0.29, 0.717) is 24.3 Å². The summed E-state index contributed by atoms with van der Waals surface area (Å²) in [6.07, 6.45) is 4.18. The van der Waals surface area contributed by atoms with E-state index < -0.39 is 0 Å². The van der Waals surface area contributed by atoms with E-state index in [4.69, 9.17) is 9.47 Å². The zero-order valence-corrected chi connectivity index (χ0v) is 14.5. The van der Waals surface area contributed by atoms with Gasteiger partial charge in [0.1, 0.15) is 12.7 Å². The van der Waals surface area contributed by atoms with Crippen molar-refractivity contribution in [2.45, 2.75) is 38.8 Å². The maximum Gasteiger partial charge on any atom is 0.220 e. The van der Waals surface area contributed by atoms with E-state index >= 15 is 0 Å². The number of benzene rings is 1. The average Bonchev–Trinajstić information content (AvgIpc) is 3.13. The molecule has 0 fully saturated rings. The Morgan fingerprint density at radius 1 is 1.25 bits per heavy atom. The van der Waals surface area contributed by atoms with Crippen LogP contribution in [0.25, 0.3) is 0 Å². The van der Waals surface area contributed by atoms with Gasteiger partial charge >= 0.3 is 0 Å². The Labute approximate surface area is 142 Å². The van der Waals surface area contributed by atoms with Gasteiger partial charge in [-0.15, -0.1) is 0 Å². The molecule has 0 saturated carbocycles. The van der Waals surface area contributed by atoms with Gasteiger partial charge in [-0.05, 0) is 38.0 Å². The SMILES string of the molecule is COc1ccc(CCC(=O)N[C@H](C)[C@@H](C)n2cncn2)cc1OC. The highest BCUT2D eigenvalue weighted by Crippen LogP contribution is 2.27. The van der Waals surface area contributed by atoms with Gasteiger partial charge in [0.25, 0.3) is 0 Å². The quantitative estimate of drug-likeness (QED) is 0.800. The van der Waals surface area contributed by atoms with Gasteiger partial charge in [0.15, 0.2) is 11.5 Å². The highest BCUT2D eigenvalue weighted by molar-refractivity contribution is 5.76. The molecule has 0 bridgehead atoms. The first-order chi connectivity index (χ1) is 11.5. The molecule has 1 aromatic heterocycles. The third kappa shape index (κ3) is 4.47. The first-order valence-corrected chi connectivity index (χ1v) is 7.89. The van der Waals surface area contributed by atoms with Gasteiger partial charge in [-0.3, -0.25) is 4.79 Å². The first-order valence-electron chi connectivity index (χ1n) is 7.89. The Morgan fingerprint density at radius 3 is 2.62 bits per heavy atom. The first kappa shape index (κ1) is 17.8. The summed E-state index contributed by atoms with van der Waals surface area (Å²) in [5.74, 6) is 1.36. The Hall–Kier alpha value is -2.57.